The maximum absolute atomic E-state index is 12.9. The molecule has 0 saturated carbocycles. The quantitative estimate of drug-likeness (QED) is 0.782. The molecular weight excluding hydrogens is 358 g/mol. The van der Waals surface area contributed by atoms with E-state index in [0.717, 1.165) is 64.1 Å². The van der Waals surface area contributed by atoms with Gasteiger partial charge in [0.25, 0.3) is 0 Å². The summed E-state index contributed by atoms with van der Waals surface area (Å²) in [7, 11) is 1.90. The van der Waals surface area contributed by atoms with Crippen LogP contribution >= 0.6 is 0 Å². The van der Waals surface area contributed by atoms with Crippen LogP contribution in [0.2, 0.25) is 0 Å². The molecule has 0 aromatic carbocycles. The van der Waals surface area contributed by atoms with Crippen molar-refractivity contribution in [3.05, 3.63) is 18.0 Å². The first kappa shape index (κ1) is 19.2. The Bertz CT molecular complexity index is 719. The molecule has 1 aromatic heterocycles. The van der Waals surface area contributed by atoms with Crippen LogP contribution in [0.3, 0.4) is 0 Å². The van der Waals surface area contributed by atoms with Gasteiger partial charge < -0.3 is 19.4 Å². The number of hydrogen-bond acceptors (Lipinski definition) is 4. The summed E-state index contributed by atoms with van der Waals surface area (Å²) in [5, 5.41) is 4.25. The van der Waals surface area contributed by atoms with Gasteiger partial charge in [0.1, 0.15) is 0 Å². The molecule has 154 valence electrons. The molecule has 0 aliphatic carbocycles. The van der Waals surface area contributed by atoms with E-state index in [4.69, 9.17) is 4.74 Å². The number of hydrogen-bond donors (Lipinski definition) is 0. The maximum atomic E-state index is 12.9. The van der Waals surface area contributed by atoms with E-state index in [-0.39, 0.29) is 23.5 Å². The number of ether oxygens (including phenoxy) is 1. The summed E-state index contributed by atoms with van der Waals surface area (Å²) < 4.78 is 7.39. The lowest BCUT2D eigenvalue weighted by atomic mass is 9.86. The van der Waals surface area contributed by atoms with Crippen molar-refractivity contribution in [2.45, 2.75) is 57.2 Å². The van der Waals surface area contributed by atoms with E-state index in [9.17, 15) is 9.59 Å². The first-order valence-electron chi connectivity index (χ1n) is 10.4. The highest BCUT2D eigenvalue weighted by Crippen LogP contribution is 2.38. The molecule has 0 N–H and O–H groups in total. The second-order valence-electron chi connectivity index (χ2n) is 8.49. The van der Waals surface area contributed by atoms with Crippen LogP contribution in [0.1, 0.15) is 37.7 Å². The van der Waals surface area contributed by atoms with Gasteiger partial charge >= 0.3 is 6.03 Å². The topological polar surface area (TPSA) is 70.9 Å². The zero-order chi connectivity index (χ0) is 19.7. The third kappa shape index (κ3) is 3.62. The number of likely N-dealkylation sites (N-methyl/N-ethyl adjacent to an activating group) is 1. The van der Waals surface area contributed by atoms with Gasteiger partial charge in [-0.2, -0.15) is 5.10 Å². The number of likely N-dealkylation sites (tertiary alicyclic amines) is 1. The molecule has 1 aromatic rings. The Balaban J connectivity index is 1.34. The van der Waals surface area contributed by atoms with Crippen LogP contribution in [-0.4, -0.2) is 87.9 Å². The monoisotopic (exact) mass is 389 g/mol. The van der Waals surface area contributed by atoms with Crippen LogP contribution in [0.15, 0.2) is 12.4 Å². The lowest BCUT2D eigenvalue weighted by Crippen LogP contribution is -2.57. The largest absolute Gasteiger partial charge is 0.381 e. The minimum atomic E-state index is -0.0844. The molecule has 3 saturated heterocycles. The highest BCUT2D eigenvalue weighted by atomic mass is 16.5. The molecule has 3 fully saturated rings. The first-order valence-corrected chi connectivity index (χ1v) is 10.4. The fraction of sp³-hybridized carbons (Fsp3) is 0.750. The molecule has 3 aliphatic rings. The second kappa shape index (κ2) is 7.73. The molecule has 28 heavy (non-hydrogen) atoms. The van der Waals surface area contributed by atoms with E-state index < -0.39 is 0 Å². The van der Waals surface area contributed by atoms with Gasteiger partial charge in [0.2, 0.25) is 5.91 Å². The van der Waals surface area contributed by atoms with Crippen molar-refractivity contribution in [3.8, 4) is 0 Å². The number of urea groups is 1. The zero-order valence-corrected chi connectivity index (χ0v) is 17.0. The fourth-order valence-electron chi connectivity index (χ4n) is 5.00. The molecule has 3 aliphatic heterocycles. The van der Waals surface area contributed by atoms with E-state index in [1.165, 1.54) is 0 Å². The molecular formula is C20H31N5O3. The van der Waals surface area contributed by atoms with Crippen LogP contribution in [0.25, 0.3) is 0 Å². The Morgan fingerprint density at radius 1 is 1.29 bits per heavy atom. The van der Waals surface area contributed by atoms with Gasteiger partial charge in [-0.25, -0.2) is 4.79 Å². The summed E-state index contributed by atoms with van der Waals surface area (Å²) in [5.74, 6) is 0.178. The van der Waals surface area contributed by atoms with Gasteiger partial charge in [-0.05, 0) is 38.2 Å². The van der Waals surface area contributed by atoms with Crippen LogP contribution in [0.5, 0.6) is 0 Å². The van der Waals surface area contributed by atoms with Crippen molar-refractivity contribution < 1.29 is 14.3 Å². The zero-order valence-electron chi connectivity index (χ0n) is 17.0. The van der Waals surface area contributed by atoms with Gasteiger partial charge in [0, 0.05) is 65.1 Å². The second-order valence-corrected chi connectivity index (χ2v) is 8.49. The molecule has 3 amide bonds. The molecule has 0 radical (unpaired) electrons. The summed E-state index contributed by atoms with van der Waals surface area (Å²) in [6, 6.07) is 0.356. The van der Waals surface area contributed by atoms with E-state index in [2.05, 4.69) is 10.00 Å². The number of amides is 3. The van der Waals surface area contributed by atoms with Crippen LogP contribution in [-0.2, 0) is 16.1 Å². The average molecular weight is 390 g/mol. The third-order valence-electron chi connectivity index (χ3n) is 6.50. The summed E-state index contributed by atoms with van der Waals surface area (Å²) in [6.07, 6.45) is 7.77. The Morgan fingerprint density at radius 3 is 2.64 bits per heavy atom. The average Bonchev–Trinajstić information content (AvgIpc) is 3.21. The van der Waals surface area contributed by atoms with E-state index >= 15 is 0 Å². The van der Waals surface area contributed by atoms with Gasteiger partial charge in [0.05, 0.1) is 11.7 Å². The lowest BCUT2D eigenvalue weighted by molar-refractivity contribution is -0.133. The van der Waals surface area contributed by atoms with Crippen molar-refractivity contribution in [1.82, 2.24) is 24.5 Å². The van der Waals surface area contributed by atoms with Crippen LogP contribution < -0.4 is 0 Å². The van der Waals surface area contributed by atoms with Crippen molar-refractivity contribution in [2.24, 2.45) is 0 Å². The lowest BCUT2D eigenvalue weighted by Gasteiger charge is -2.46. The highest BCUT2D eigenvalue weighted by Gasteiger charge is 2.52. The number of piperidine rings is 1. The van der Waals surface area contributed by atoms with E-state index in [1.54, 1.807) is 0 Å². The molecule has 8 heteroatoms. The van der Waals surface area contributed by atoms with Crippen molar-refractivity contribution in [2.75, 3.05) is 39.9 Å². The van der Waals surface area contributed by atoms with Gasteiger partial charge in [-0.15, -0.1) is 0 Å². The number of nitrogens with zero attached hydrogens (tertiary/aromatic N) is 5. The van der Waals surface area contributed by atoms with Crippen LogP contribution in [0.4, 0.5) is 4.79 Å². The van der Waals surface area contributed by atoms with Gasteiger partial charge in [-0.1, -0.05) is 0 Å². The first-order chi connectivity index (χ1) is 13.5. The minimum absolute atomic E-state index is 0.0844. The minimum Gasteiger partial charge on any atom is -0.381 e. The summed E-state index contributed by atoms with van der Waals surface area (Å²) >= 11 is 0. The molecule has 4 rings (SSSR count). The third-order valence-corrected chi connectivity index (χ3v) is 6.50. The SMILES string of the molecule is Cc1cnn(CCC(=O)N2CCC(N3C(=O)N(C)CC34CCOCC4)CC2)c1. The fourth-order valence-corrected chi connectivity index (χ4v) is 5.00. The molecule has 0 bridgehead atoms. The number of aryl methyl sites for hydroxylation is 2. The normalized spacial score (nSPS) is 23.1. The number of carbonyl (C=O) groups is 2. The number of rotatable bonds is 4. The van der Waals surface area contributed by atoms with E-state index in [1.807, 2.05) is 40.8 Å². The molecule has 0 atom stereocenters. The van der Waals surface area contributed by atoms with Gasteiger partial charge in [0.15, 0.2) is 0 Å². The van der Waals surface area contributed by atoms with Crippen molar-refractivity contribution >= 4 is 11.9 Å². The van der Waals surface area contributed by atoms with Gasteiger partial charge in [-0.3, -0.25) is 9.48 Å². The highest BCUT2D eigenvalue weighted by molar-refractivity contribution is 5.79. The number of carbonyl (C=O) groups excluding carboxylic acids is 2. The Labute approximate surface area is 166 Å². The standard InChI is InChI=1S/C20H31N5O3/c1-16-13-21-24(14-16)10-5-18(26)23-8-3-17(4-9-23)25-19(27)22(2)15-20(25)6-11-28-12-7-20/h13-14,17H,3-12,15H2,1-2H3. The summed E-state index contributed by atoms with van der Waals surface area (Å²) in [5.41, 5.74) is 1.02. The van der Waals surface area contributed by atoms with Crippen molar-refractivity contribution in [1.29, 1.82) is 0 Å². The molecule has 4 heterocycles. The summed E-state index contributed by atoms with van der Waals surface area (Å²) in [6.45, 7) is 6.30. The molecule has 0 unspecified atom stereocenters. The predicted octanol–water partition coefficient (Wildman–Crippen LogP) is 1.49. The molecule has 8 nitrogen and oxygen atoms in total. The Morgan fingerprint density at radius 2 is 2.00 bits per heavy atom. The van der Waals surface area contributed by atoms with E-state index in [0.29, 0.717) is 13.0 Å². The summed E-state index contributed by atoms with van der Waals surface area (Å²) in [4.78, 5) is 31.4. The smallest absolute Gasteiger partial charge is 0.320 e. The van der Waals surface area contributed by atoms with Crippen LogP contribution in [0, 0.1) is 6.92 Å². The maximum Gasteiger partial charge on any atom is 0.320 e. The van der Waals surface area contributed by atoms with Crippen molar-refractivity contribution in [3.63, 3.8) is 0 Å². The Kier molecular flexibility index (Phi) is 5.31. The number of aromatic nitrogens is 2. The predicted molar refractivity (Wildman–Crippen MR) is 104 cm³/mol. The Hall–Kier alpha value is -2.09. The molecule has 1 spiro atoms.